The van der Waals surface area contributed by atoms with Gasteiger partial charge in [0, 0.05) is 0 Å². The fourth-order valence-corrected chi connectivity index (χ4v) is 1.06. The lowest BCUT2D eigenvalue weighted by Crippen LogP contribution is -2.07. The molecule has 0 amide bonds. The molecule has 2 N–H and O–H groups in total. The molecule has 0 atom stereocenters. The molecule has 0 radical (unpaired) electrons. The van der Waals surface area contributed by atoms with Crippen molar-refractivity contribution in [1.29, 1.82) is 0 Å². The second-order valence-electron chi connectivity index (χ2n) is 2.84. The van der Waals surface area contributed by atoms with Gasteiger partial charge in [-0.3, -0.25) is 4.79 Å². The highest BCUT2D eigenvalue weighted by atomic mass is 19.1. The fourth-order valence-electron chi connectivity index (χ4n) is 1.06. The van der Waals surface area contributed by atoms with E-state index in [-0.39, 0.29) is 18.1 Å². The minimum atomic E-state index is -0.508. The number of nitrogen functional groups attached to an aromatic ring is 1. The molecule has 0 aromatic heterocycles. The second-order valence-corrected chi connectivity index (χ2v) is 2.84. The Bertz CT molecular complexity index is 339. The van der Waals surface area contributed by atoms with Crippen LogP contribution in [-0.4, -0.2) is 12.6 Å². The van der Waals surface area contributed by atoms with Crippen LogP contribution in [-0.2, 0) is 16.0 Å². The van der Waals surface area contributed by atoms with Gasteiger partial charge in [0.2, 0.25) is 0 Å². The number of nitrogens with two attached hydrogens (primary N) is 1. The van der Waals surface area contributed by atoms with Crippen LogP contribution in [0.2, 0.25) is 0 Å². The number of halogens is 1. The van der Waals surface area contributed by atoms with Crippen LogP contribution in [0.15, 0.2) is 18.2 Å². The molecule has 0 aliphatic carbocycles. The first-order chi connectivity index (χ1) is 6.63. The Morgan fingerprint density at radius 2 is 2.29 bits per heavy atom. The number of hydrogen-bond donors (Lipinski definition) is 1. The fraction of sp³-hybridized carbons (Fsp3) is 0.300. The van der Waals surface area contributed by atoms with E-state index in [0.29, 0.717) is 12.2 Å². The van der Waals surface area contributed by atoms with E-state index in [9.17, 15) is 9.18 Å². The van der Waals surface area contributed by atoms with Crippen LogP contribution in [0, 0.1) is 5.82 Å². The topological polar surface area (TPSA) is 52.3 Å². The van der Waals surface area contributed by atoms with Gasteiger partial charge in [0.1, 0.15) is 5.82 Å². The number of ether oxygens (including phenoxy) is 1. The van der Waals surface area contributed by atoms with Crippen LogP contribution in [0.3, 0.4) is 0 Å². The molecule has 3 nitrogen and oxygen atoms in total. The van der Waals surface area contributed by atoms with Gasteiger partial charge in [-0.1, -0.05) is 6.07 Å². The second kappa shape index (κ2) is 4.60. The predicted molar refractivity (Wildman–Crippen MR) is 51.1 cm³/mol. The van der Waals surface area contributed by atoms with E-state index < -0.39 is 5.82 Å². The SMILES string of the molecule is CCOC(=O)Cc1ccc(N)c(F)c1. The molecule has 0 unspecified atom stereocenters. The Hall–Kier alpha value is -1.58. The van der Waals surface area contributed by atoms with Gasteiger partial charge in [0.05, 0.1) is 18.7 Å². The lowest BCUT2D eigenvalue weighted by molar-refractivity contribution is -0.142. The molecule has 0 aliphatic heterocycles. The van der Waals surface area contributed by atoms with Crippen molar-refractivity contribution >= 4 is 11.7 Å². The van der Waals surface area contributed by atoms with E-state index in [1.807, 2.05) is 0 Å². The Kier molecular flexibility index (Phi) is 3.45. The van der Waals surface area contributed by atoms with Gasteiger partial charge in [-0.2, -0.15) is 0 Å². The first kappa shape index (κ1) is 10.5. The zero-order chi connectivity index (χ0) is 10.6. The molecule has 1 aromatic rings. The molecule has 0 saturated carbocycles. The summed E-state index contributed by atoms with van der Waals surface area (Å²) in [5.74, 6) is -0.872. The zero-order valence-corrected chi connectivity index (χ0v) is 7.92. The third-order valence-corrected chi connectivity index (χ3v) is 1.72. The first-order valence-electron chi connectivity index (χ1n) is 4.33. The Morgan fingerprint density at radius 3 is 2.86 bits per heavy atom. The van der Waals surface area contributed by atoms with Gasteiger partial charge in [-0.05, 0) is 24.6 Å². The maximum absolute atomic E-state index is 12.9. The van der Waals surface area contributed by atoms with Crippen LogP contribution < -0.4 is 5.73 Å². The average molecular weight is 197 g/mol. The number of anilines is 1. The largest absolute Gasteiger partial charge is 0.466 e. The van der Waals surface area contributed by atoms with Crippen LogP contribution >= 0.6 is 0 Å². The van der Waals surface area contributed by atoms with Crippen LogP contribution in [0.25, 0.3) is 0 Å². The lowest BCUT2D eigenvalue weighted by Gasteiger charge is -2.03. The summed E-state index contributed by atoms with van der Waals surface area (Å²) >= 11 is 0. The summed E-state index contributed by atoms with van der Waals surface area (Å²) in [6.07, 6.45) is 0.0744. The molecular formula is C10H12FNO2. The monoisotopic (exact) mass is 197 g/mol. The van der Waals surface area contributed by atoms with Gasteiger partial charge in [0.25, 0.3) is 0 Å². The summed E-state index contributed by atoms with van der Waals surface area (Å²) in [5.41, 5.74) is 5.93. The van der Waals surface area contributed by atoms with Gasteiger partial charge in [0.15, 0.2) is 0 Å². The van der Waals surface area contributed by atoms with Crippen molar-refractivity contribution in [3.8, 4) is 0 Å². The Morgan fingerprint density at radius 1 is 1.57 bits per heavy atom. The van der Waals surface area contributed by atoms with Gasteiger partial charge in [-0.15, -0.1) is 0 Å². The smallest absolute Gasteiger partial charge is 0.310 e. The number of rotatable bonds is 3. The molecule has 0 saturated heterocycles. The molecule has 76 valence electrons. The average Bonchev–Trinajstić information content (AvgIpc) is 2.12. The Balaban J connectivity index is 2.68. The quantitative estimate of drug-likeness (QED) is 0.590. The zero-order valence-electron chi connectivity index (χ0n) is 7.92. The molecule has 0 heterocycles. The number of carbonyl (C=O) groups excluding carboxylic acids is 1. The molecule has 4 heteroatoms. The van der Waals surface area contributed by atoms with E-state index in [1.54, 1.807) is 13.0 Å². The number of esters is 1. The van der Waals surface area contributed by atoms with Gasteiger partial charge in [-0.25, -0.2) is 4.39 Å². The van der Waals surface area contributed by atoms with Crippen molar-refractivity contribution in [3.05, 3.63) is 29.6 Å². The molecule has 0 bridgehead atoms. The molecule has 0 fully saturated rings. The molecule has 0 spiro atoms. The van der Waals surface area contributed by atoms with Crippen LogP contribution in [0.4, 0.5) is 10.1 Å². The standard InChI is InChI=1S/C10H12FNO2/c1-2-14-10(13)6-7-3-4-9(12)8(11)5-7/h3-5H,2,6,12H2,1H3. The number of carbonyl (C=O) groups is 1. The highest BCUT2D eigenvalue weighted by molar-refractivity contribution is 5.72. The van der Waals surface area contributed by atoms with Crippen molar-refractivity contribution < 1.29 is 13.9 Å². The van der Waals surface area contributed by atoms with Crippen LogP contribution in [0.5, 0.6) is 0 Å². The molecule has 0 aliphatic rings. The normalized spacial score (nSPS) is 9.86. The minimum Gasteiger partial charge on any atom is -0.466 e. The molecule has 1 aromatic carbocycles. The van der Waals surface area contributed by atoms with Crippen molar-refractivity contribution in [1.82, 2.24) is 0 Å². The van der Waals surface area contributed by atoms with E-state index in [2.05, 4.69) is 0 Å². The maximum atomic E-state index is 12.9. The summed E-state index contributed by atoms with van der Waals surface area (Å²) in [6, 6.07) is 4.28. The summed E-state index contributed by atoms with van der Waals surface area (Å²) in [5, 5.41) is 0. The van der Waals surface area contributed by atoms with Gasteiger partial charge < -0.3 is 10.5 Å². The lowest BCUT2D eigenvalue weighted by atomic mass is 10.1. The molecule has 1 rings (SSSR count). The Labute approximate surface area is 81.7 Å². The summed E-state index contributed by atoms with van der Waals surface area (Å²) in [7, 11) is 0. The minimum absolute atomic E-state index is 0.0744. The number of hydrogen-bond acceptors (Lipinski definition) is 3. The number of benzene rings is 1. The van der Waals surface area contributed by atoms with E-state index in [0.717, 1.165) is 0 Å². The van der Waals surface area contributed by atoms with Crippen molar-refractivity contribution in [2.45, 2.75) is 13.3 Å². The van der Waals surface area contributed by atoms with E-state index >= 15 is 0 Å². The molecule has 14 heavy (non-hydrogen) atoms. The summed E-state index contributed by atoms with van der Waals surface area (Å²) in [4.78, 5) is 11.0. The van der Waals surface area contributed by atoms with Crippen LogP contribution in [0.1, 0.15) is 12.5 Å². The van der Waals surface area contributed by atoms with Crippen molar-refractivity contribution in [3.63, 3.8) is 0 Å². The highest BCUT2D eigenvalue weighted by Crippen LogP contribution is 2.12. The maximum Gasteiger partial charge on any atom is 0.310 e. The van der Waals surface area contributed by atoms with E-state index in [1.165, 1.54) is 12.1 Å². The third-order valence-electron chi connectivity index (χ3n) is 1.72. The molecular weight excluding hydrogens is 185 g/mol. The highest BCUT2D eigenvalue weighted by Gasteiger charge is 2.05. The van der Waals surface area contributed by atoms with Gasteiger partial charge >= 0.3 is 5.97 Å². The third kappa shape index (κ3) is 2.73. The van der Waals surface area contributed by atoms with Crippen molar-refractivity contribution in [2.24, 2.45) is 0 Å². The van der Waals surface area contributed by atoms with Crippen molar-refractivity contribution in [2.75, 3.05) is 12.3 Å². The first-order valence-corrected chi connectivity index (χ1v) is 4.33. The van der Waals surface area contributed by atoms with E-state index in [4.69, 9.17) is 10.5 Å². The summed E-state index contributed by atoms with van der Waals surface area (Å²) < 4.78 is 17.7. The predicted octanol–water partition coefficient (Wildman–Crippen LogP) is 1.51. The summed E-state index contributed by atoms with van der Waals surface area (Å²) in [6.45, 7) is 2.05.